The van der Waals surface area contributed by atoms with Crippen LogP contribution in [-0.2, 0) is 5.54 Å². The van der Waals surface area contributed by atoms with Crippen LogP contribution >= 0.6 is 0 Å². The SMILES string of the molecule is CC(CC(F)(F)F)Nc1nccn(C(C)(C)C)c1=O. The lowest BCUT2D eigenvalue weighted by atomic mass is 10.1. The van der Waals surface area contributed by atoms with Crippen LogP contribution in [0.25, 0.3) is 0 Å². The second-order valence-electron chi connectivity index (χ2n) is 5.49. The second-order valence-corrected chi connectivity index (χ2v) is 5.49. The average molecular weight is 277 g/mol. The van der Waals surface area contributed by atoms with E-state index in [2.05, 4.69) is 10.3 Å². The van der Waals surface area contributed by atoms with Gasteiger partial charge in [0.2, 0.25) is 0 Å². The summed E-state index contributed by atoms with van der Waals surface area (Å²) in [6, 6.07) is -0.906. The van der Waals surface area contributed by atoms with Crippen LogP contribution in [0.1, 0.15) is 34.1 Å². The highest BCUT2D eigenvalue weighted by Crippen LogP contribution is 2.22. The van der Waals surface area contributed by atoms with Gasteiger partial charge in [-0.15, -0.1) is 0 Å². The van der Waals surface area contributed by atoms with Crippen LogP contribution < -0.4 is 10.9 Å². The number of rotatable bonds is 3. The summed E-state index contributed by atoms with van der Waals surface area (Å²) >= 11 is 0. The molecule has 1 N–H and O–H groups in total. The van der Waals surface area contributed by atoms with Crippen molar-refractivity contribution in [2.75, 3.05) is 5.32 Å². The second kappa shape index (κ2) is 5.22. The molecule has 0 saturated heterocycles. The van der Waals surface area contributed by atoms with E-state index in [-0.39, 0.29) is 5.82 Å². The van der Waals surface area contributed by atoms with E-state index in [1.165, 1.54) is 23.9 Å². The first-order chi connectivity index (χ1) is 8.50. The summed E-state index contributed by atoms with van der Waals surface area (Å²) in [6.45, 7) is 6.86. The van der Waals surface area contributed by atoms with Crippen molar-refractivity contribution in [2.24, 2.45) is 0 Å². The fourth-order valence-corrected chi connectivity index (χ4v) is 1.67. The van der Waals surface area contributed by atoms with Crippen molar-refractivity contribution >= 4 is 5.82 Å². The van der Waals surface area contributed by atoms with Gasteiger partial charge in [-0.25, -0.2) is 4.98 Å². The Morgan fingerprint density at radius 2 is 1.95 bits per heavy atom. The Hall–Kier alpha value is -1.53. The molecule has 1 unspecified atom stereocenters. The van der Waals surface area contributed by atoms with Gasteiger partial charge in [0.1, 0.15) is 0 Å². The lowest BCUT2D eigenvalue weighted by molar-refractivity contribution is -0.136. The maximum Gasteiger partial charge on any atom is 0.391 e. The Morgan fingerprint density at radius 1 is 1.37 bits per heavy atom. The Kier molecular flexibility index (Phi) is 4.27. The van der Waals surface area contributed by atoms with Crippen LogP contribution in [0.2, 0.25) is 0 Å². The van der Waals surface area contributed by atoms with Crippen LogP contribution in [0.3, 0.4) is 0 Å². The van der Waals surface area contributed by atoms with Crippen molar-refractivity contribution in [1.82, 2.24) is 9.55 Å². The molecule has 0 aliphatic heterocycles. The van der Waals surface area contributed by atoms with Crippen molar-refractivity contribution in [3.05, 3.63) is 22.7 Å². The van der Waals surface area contributed by atoms with Gasteiger partial charge in [-0.05, 0) is 27.7 Å². The Bertz CT molecular complexity index is 488. The summed E-state index contributed by atoms with van der Waals surface area (Å²) in [7, 11) is 0. The monoisotopic (exact) mass is 277 g/mol. The summed E-state index contributed by atoms with van der Waals surface area (Å²) < 4.78 is 38.1. The van der Waals surface area contributed by atoms with E-state index in [1.54, 1.807) is 0 Å². The maximum atomic E-state index is 12.2. The van der Waals surface area contributed by atoms with Gasteiger partial charge in [0.05, 0.1) is 6.42 Å². The number of nitrogens with one attached hydrogen (secondary N) is 1. The third-order valence-electron chi connectivity index (χ3n) is 2.48. The Labute approximate surface area is 109 Å². The predicted octanol–water partition coefficient (Wildman–Crippen LogP) is 2.75. The van der Waals surface area contributed by atoms with Crippen molar-refractivity contribution in [3.8, 4) is 0 Å². The van der Waals surface area contributed by atoms with Crippen molar-refractivity contribution in [3.63, 3.8) is 0 Å². The highest BCUT2D eigenvalue weighted by atomic mass is 19.4. The molecule has 0 aliphatic rings. The van der Waals surface area contributed by atoms with Crippen LogP contribution in [0.5, 0.6) is 0 Å². The summed E-state index contributed by atoms with van der Waals surface area (Å²) in [5, 5.41) is 2.51. The van der Waals surface area contributed by atoms with Crippen LogP contribution in [0.4, 0.5) is 19.0 Å². The third kappa shape index (κ3) is 4.57. The first-order valence-corrected chi connectivity index (χ1v) is 5.92. The molecule has 4 nitrogen and oxygen atoms in total. The lowest BCUT2D eigenvalue weighted by Gasteiger charge is -2.23. The molecule has 1 aromatic rings. The van der Waals surface area contributed by atoms with Gasteiger partial charge < -0.3 is 9.88 Å². The van der Waals surface area contributed by atoms with Gasteiger partial charge in [0.15, 0.2) is 5.82 Å². The molecular formula is C12H18F3N3O. The zero-order valence-electron chi connectivity index (χ0n) is 11.4. The summed E-state index contributed by atoms with van der Waals surface area (Å²) in [5.74, 6) is -0.0609. The van der Waals surface area contributed by atoms with Gasteiger partial charge in [0.25, 0.3) is 5.56 Å². The number of hydrogen-bond acceptors (Lipinski definition) is 3. The Balaban J connectivity index is 2.95. The van der Waals surface area contributed by atoms with Gasteiger partial charge in [-0.3, -0.25) is 4.79 Å². The van der Waals surface area contributed by atoms with Crippen molar-refractivity contribution in [1.29, 1.82) is 0 Å². The van der Waals surface area contributed by atoms with E-state index in [4.69, 9.17) is 0 Å². The average Bonchev–Trinajstić information content (AvgIpc) is 2.16. The minimum Gasteiger partial charge on any atom is -0.363 e. The molecule has 0 fully saturated rings. The predicted molar refractivity (Wildman–Crippen MR) is 67.2 cm³/mol. The zero-order chi connectivity index (χ0) is 14.8. The first kappa shape index (κ1) is 15.5. The van der Waals surface area contributed by atoms with Crippen molar-refractivity contribution in [2.45, 2.75) is 51.9 Å². The quantitative estimate of drug-likeness (QED) is 0.924. The van der Waals surface area contributed by atoms with Crippen LogP contribution in [0.15, 0.2) is 17.2 Å². The molecule has 0 amide bonds. The van der Waals surface area contributed by atoms with Gasteiger partial charge >= 0.3 is 6.18 Å². The van der Waals surface area contributed by atoms with E-state index >= 15 is 0 Å². The van der Waals surface area contributed by atoms with Crippen LogP contribution in [-0.4, -0.2) is 21.8 Å². The van der Waals surface area contributed by atoms with E-state index in [0.29, 0.717) is 0 Å². The third-order valence-corrected chi connectivity index (χ3v) is 2.48. The summed E-state index contributed by atoms with van der Waals surface area (Å²) in [6.07, 6.45) is -2.37. The van der Waals surface area contributed by atoms with E-state index < -0.39 is 29.7 Å². The fraction of sp³-hybridized carbons (Fsp3) is 0.667. The van der Waals surface area contributed by atoms with Gasteiger partial charge in [0, 0.05) is 24.0 Å². The molecule has 0 saturated carbocycles. The van der Waals surface area contributed by atoms with Crippen LogP contribution in [0, 0.1) is 0 Å². The maximum absolute atomic E-state index is 12.2. The minimum atomic E-state index is -4.27. The largest absolute Gasteiger partial charge is 0.391 e. The molecule has 1 heterocycles. The smallest absolute Gasteiger partial charge is 0.363 e. The number of anilines is 1. The van der Waals surface area contributed by atoms with Crippen molar-refractivity contribution < 1.29 is 13.2 Å². The molecule has 108 valence electrons. The molecule has 0 bridgehead atoms. The van der Waals surface area contributed by atoms with E-state index in [9.17, 15) is 18.0 Å². The van der Waals surface area contributed by atoms with E-state index in [0.717, 1.165) is 0 Å². The fourth-order valence-electron chi connectivity index (χ4n) is 1.67. The molecule has 1 aromatic heterocycles. The lowest BCUT2D eigenvalue weighted by Crippen LogP contribution is -2.36. The molecule has 0 aromatic carbocycles. The molecular weight excluding hydrogens is 259 g/mol. The van der Waals surface area contributed by atoms with Gasteiger partial charge in [-0.1, -0.05) is 0 Å². The Morgan fingerprint density at radius 3 is 2.42 bits per heavy atom. The zero-order valence-corrected chi connectivity index (χ0v) is 11.4. The normalized spacial score (nSPS) is 14.3. The summed E-state index contributed by atoms with van der Waals surface area (Å²) in [4.78, 5) is 15.9. The highest BCUT2D eigenvalue weighted by molar-refractivity contribution is 5.32. The summed E-state index contributed by atoms with van der Waals surface area (Å²) in [5.41, 5.74) is -0.881. The number of alkyl halides is 3. The molecule has 7 heteroatoms. The molecule has 0 spiro atoms. The number of hydrogen-bond donors (Lipinski definition) is 1. The molecule has 1 rings (SSSR count). The molecule has 0 radical (unpaired) electrons. The number of halogens is 3. The molecule has 19 heavy (non-hydrogen) atoms. The highest BCUT2D eigenvalue weighted by Gasteiger charge is 2.30. The topological polar surface area (TPSA) is 46.9 Å². The molecule has 0 aliphatic carbocycles. The number of aromatic nitrogens is 2. The minimum absolute atomic E-state index is 0.0609. The van der Waals surface area contributed by atoms with Gasteiger partial charge in [-0.2, -0.15) is 13.2 Å². The number of nitrogens with zero attached hydrogens (tertiary/aromatic N) is 2. The molecule has 1 atom stereocenters. The standard InChI is InChI=1S/C12H18F3N3O/c1-8(7-12(13,14)15)17-9-10(19)18(6-5-16-9)11(2,3)4/h5-6,8H,7H2,1-4H3,(H,16,17). The van der Waals surface area contributed by atoms with E-state index in [1.807, 2.05) is 20.8 Å². The first-order valence-electron chi connectivity index (χ1n) is 5.92.